The number of fused-ring (bicyclic) bond motifs is 1. The molecule has 0 fully saturated rings. The smallest absolute Gasteiger partial charge is 0.262 e. The maximum Gasteiger partial charge on any atom is 0.262 e. The summed E-state index contributed by atoms with van der Waals surface area (Å²) in [5.41, 5.74) is 2.14. The lowest BCUT2D eigenvalue weighted by Crippen LogP contribution is -2.30. The molecule has 0 saturated heterocycles. The Kier molecular flexibility index (Phi) is 8.76. The van der Waals surface area contributed by atoms with Crippen LogP contribution in [0.1, 0.15) is 56.0 Å². The van der Waals surface area contributed by atoms with Gasteiger partial charge in [-0.1, -0.05) is 55.3 Å². The maximum absolute atomic E-state index is 13.3. The van der Waals surface area contributed by atoms with Gasteiger partial charge in [-0.2, -0.15) is 0 Å². The van der Waals surface area contributed by atoms with Crippen LogP contribution in [0.5, 0.6) is 0 Å². The molecule has 0 aliphatic heterocycles. The predicted octanol–water partition coefficient (Wildman–Crippen LogP) is 6.01. The van der Waals surface area contributed by atoms with Crippen LogP contribution in [0.15, 0.2) is 52.4 Å². The Morgan fingerprint density at radius 1 is 1.09 bits per heavy atom. The molecule has 0 aliphatic rings. The van der Waals surface area contributed by atoms with E-state index >= 15 is 0 Å². The van der Waals surface area contributed by atoms with Crippen molar-refractivity contribution < 1.29 is 4.79 Å². The van der Waals surface area contributed by atoms with Gasteiger partial charge < -0.3 is 4.90 Å². The fourth-order valence-corrected chi connectivity index (χ4v) is 4.81. The molecule has 0 radical (unpaired) electrons. The van der Waals surface area contributed by atoms with Crippen molar-refractivity contribution in [2.45, 2.75) is 57.5 Å². The number of carbonyl (C=O) groups excluding carboxylic acids is 1. The zero-order valence-corrected chi connectivity index (χ0v) is 20.5. The summed E-state index contributed by atoms with van der Waals surface area (Å²) in [5.74, 6) is 0.614. The minimum atomic E-state index is -0.0541. The molecule has 0 atom stereocenters. The highest BCUT2D eigenvalue weighted by Gasteiger charge is 2.16. The molecule has 32 heavy (non-hydrogen) atoms. The van der Waals surface area contributed by atoms with Crippen molar-refractivity contribution in [3.8, 4) is 0 Å². The molecule has 0 spiro atoms. The highest BCUT2D eigenvalue weighted by Crippen LogP contribution is 2.24. The van der Waals surface area contributed by atoms with Crippen molar-refractivity contribution >= 4 is 40.2 Å². The van der Waals surface area contributed by atoms with E-state index in [2.05, 4.69) is 6.92 Å². The lowest BCUT2D eigenvalue weighted by molar-refractivity contribution is 0.0773. The number of aromatic nitrogens is 2. The predicted molar refractivity (Wildman–Crippen MR) is 134 cm³/mol. The van der Waals surface area contributed by atoms with Crippen molar-refractivity contribution in [2.24, 2.45) is 0 Å². The van der Waals surface area contributed by atoms with Crippen molar-refractivity contribution in [3.63, 3.8) is 0 Å². The number of thioether (sulfide) groups is 1. The number of unbranched alkanes of at least 4 members (excludes halogenated alkanes) is 2. The number of nitrogens with zero attached hydrogens (tertiary/aromatic N) is 3. The molecular weight excluding hydrogens is 442 g/mol. The van der Waals surface area contributed by atoms with E-state index in [9.17, 15) is 9.59 Å². The van der Waals surface area contributed by atoms with Crippen molar-refractivity contribution in [2.75, 3.05) is 13.1 Å². The summed E-state index contributed by atoms with van der Waals surface area (Å²) in [6.07, 6.45) is 3.06. The molecule has 1 amide bonds. The highest BCUT2D eigenvalue weighted by atomic mass is 35.5. The van der Waals surface area contributed by atoms with Crippen LogP contribution in [0, 0.1) is 0 Å². The van der Waals surface area contributed by atoms with Crippen LogP contribution >= 0.6 is 23.4 Å². The third-order valence-corrected chi connectivity index (χ3v) is 6.74. The summed E-state index contributed by atoms with van der Waals surface area (Å²) in [6.45, 7) is 7.97. The summed E-state index contributed by atoms with van der Waals surface area (Å²) in [5, 5.41) is 1.91. The van der Waals surface area contributed by atoms with Crippen LogP contribution in [0.25, 0.3) is 10.9 Å². The molecular formula is C25H30ClN3O2S. The molecule has 3 aromatic rings. The quantitative estimate of drug-likeness (QED) is 0.206. The Labute approximate surface area is 198 Å². The molecule has 170 valence electrons. The summed E-state index contributed by atoms with van der Waals surface area (Å²) < 4.78 is 1.78. The van der Waals surface area contributed by atoms with E-state index in [1.54, 1.807) is 27.7 Å². The number of hydrogen-bond donors (Lipinski definition) is 0. The first kappa shape index (κ1) is 24.3. The molecule has 0 unspecified atom stereocenters. The van der Waals surface area contributed by atoms with Crippen LogP contribution in [-0.4, -0.2) is 33.4 Å². The SMILES string of the molecule is CCCCCn1c(SCc2cccc(Cl)c2)nc2cc(C(=O)N(CC)CC)ccc2c1=O. The molecule has 7 heteroatoms. The molecule has 0 aliphatic carbocycles. The molecule has 0 saturated carbocycles. The first-order valence-corrected chi connectivity index (χ1v) is 12.6. The topological polar surface area (TPSA) is 55.2 Å². The van der Waals surface area contributed by atoms with E-state index < -0.39 is 0 Å². The first-order valence-electron chi connectivity index (χ1n) is 11.2. The molecule has 1 heterocycles. The monoisotopic (exact) mass is 471 g/mol. The number of benzene rings is 2. The largest absolute Gasteiger partial charge is 0.339 e. The molecule has 0 bridgehead atoms. The lowest BCUT2D eigenvalue weighted by Gasteiger charge is -2.19. The number of amides is 1. The second kappa shape index (κ2) is 11.5. The number of rotatable bonds is 10. The van der Waals surface area contributed by atoms with E-state index in [0.29, 0.717) is 52.0 Å². The van der Waals surface area contributed by atoms with Gasteiger partial charge in [0.25, 0.3) is 11.5 Å². The average molecular weight is 472 g/mol. The summed E-state index contributed by atoms with van der Waals surface area (Å²) in [6, 6.07) is 12.9. The molecule has 1 aromatic heterocycles. The van der Waals surface area contributed by atoms with Crippen LogP contribution < -0.4 is 5.56 Å². The van der Waals surface area contributed by atoms with Crippen molar-refractivity contribution in [1.29, 1.82) is 0 Å². The fourth-order valence-electron chi connectivity index (χ4n) is 3.63. The van der Waals surface area contributed by atoms with Crippen LogP contribution in [0.2, 0.25) is 5.02 Å². The van der Waals surface area contributed by atoms with Gasteiger partial charge in [-0.25, -0.2) is 4.98 Å². The Bertz CT molecular complexity index is 1140. The maximum atomic E-state index is 13.3. The van der Waals surface area contributed by atoms with Gasteiger partial charge in [-0.15, -0.1) is 0 Å². The Hall–Kier alpha value is -2.31. The van der Waals surface area contributed by atoms with E-state index in [4.69, 9.17) is 16.6 Å². The Balaban J connectivity index is 2.01. The van der Waals surface area contributed by atoms with E-state index in [-0.39, 0.29) is 11.5 Å². The van der Waals surface area contributed by atoms with E-state index in [1.807, 2.05) is 38.1 Å². The van der Waals surface area contributed by atoms with Gasteiger partial charge in [-0.05, 0) is 56.2 Å². The molecule has 5 nitrogen and oxygen atoms in total. The normalized spacial score (nSPS) is 11.1. The first-order chi connectivity index (χ1) is 15.5. The fraction of sp³-hybridized carbons (Fsp3) is 0.400. The molecule has 3 rings (SSSR count). The minimum Gasteiger partial charge on any atom is -0.339 e. The summed E-state index contributed by atoms with van der Waals surface area (Å²) in [4.78, 5) is 32.7. The van der Waals surface area contributed by atoms with E-state index in [1.165, 1.54) is 11.8 Å². The van der Waals surface area contributed by atoms with Gasteiger partial charge in [0, 0.05) is 36.0 Å². The van der Waals surface area contributed by atoms with Crippen molar-refractivity contribution in [3.05, 3.63) is 69.0 Å². The Morgan fingerprint density at radius 3 is 2.56 bits per heavy atom. The van der Waals surface area contributed by atoms with Gasteiger partial charge in [0.2, 0.25) is 0 Å². The van der Waals surface area contributed by atoms with Gasteiger partial charge >= 0.3 is 0 Å². The van der Waals surface area contributed by atoms with Crippen LogP contribution in [-0.2, 0) is 12.3 Å². The minimum absolute atomic E-state index is 0.0426. The average Bonchev–Trinajstić information content (AvgIpc) is 2.80. The number of carbonyl (C=O) groups is 1. The van der Waals surface area contributed by atoms with Gasteiger partial charge in [0.15, 0.2) is 5.16 Å². The number of halogens is 1. The van der Waals surface area contributed by atoms with Gasteiger partial charge in [0.05, 0.1) is 10.9 Å². The summed E-state index contributed by atoms with van der Waals surface area (Å²) >= 11 is 7.65. The zero-order chi connectivity index (χ0) is 23.1. The molecule has 0 N–H and O–H groups in total. The third kappa shape index (κ3) is 5.73. The van der Waals surface area contributed by atoms with Crippen molar-refractivity contribution in [1.82, 2.24) is 14.5 Å². The van der Waals surface area contributed by atoms with Gasteiger partial charge in [-0.3, -0.25) is 14.2 Å². The third-order valence-electron chi connectivity index (χ3n) is 5.46. The van der Waals surface area contributed by atoms with Crippen LogP contribution in [0.3, 0.4) is 0 Å². The van der Waals surface area contributed by atoms with Crippen LogP contribution in [0.4, 0.5) is 0 Å². The van der Waals surface area contributed by atoms with Gasteiger partial charge in [0.1, 0.15) is 0 Å². The lowest BCUT2D eigenvalue weighted by atomic mass is 10.1. The Morgan fingerprint density at radius 2 is 1.88 bits per heavy atom. The second-order valence-corrected chi connectivity index (χ2v) is 9.07. The van der Waals surface area contributed by atoms with E-state index in [0.717, 1.165) is 24.8 Å². The standard InChI is InChI=1S/C25H30ClN3O2S/c1-4-7-8-14-29-24(31)21-13-12-19(23(30)28(5-2)6-3)16-22(21)27-25(29)32-17-18-10-9-11-20(26)15-18/h9-13,15-16H,4-8,14,17H2,1-3H3. The zero-order valence-electron chi connectivity index (χ0n) is 18.9. The highest BCUT2D eigenvalue weighted by molar-refractivity contribution is 7.98. The number of hydrogen-bond acceptors (Lipinski definition) is 4. The molecule has 2 aromatic carbocycles. The summed E-state index contributed by atoms with van der Waals surface area (Å²) in [7, 11) is 0. The second-order valence-electron chi connectivity index (χ2n) is 7.69.